The molecular weight excluding hydrogens is 230 g/mol. The number of piperidine rings is 1. The maximum atomic E-state index is 12.3. The molecule has 1 saturated carbocycles. The van der Waals surface area contributed by atoms with E-state index in [0.29, 0.717) is 13.2 Å². The van der Waals surface area contributed by atoms with Crippen LogP contribution in [-0.2, 0) is 14.3 Å². The lowest BCUT2D eigenvalue weighted by Crippen LogP contribution is -2.43. The molecule has 0 N–H and O–H groups in total. The predicted molar refractivity (Wildman–Crippen MR) is 67.8 cm³/mol. The fraction of sp³-hybridized carbons (Fsp3) is 0.857. The Balaban J connectivity index is 1.91. The summed E-state index contributed by atoms with van der Waals surface area (Å²) in [7, 11) is 0. The third-order valence-corrected chi connectivity index (χ3v) is 4.16. The zero-order chi connectivity index (χ0) is 13.3. The van der Waals surface area contributed by atoms with Gasteiger partial charge in [0, 0.05) is 19.0 Å². The van der Waals surface area contributed by atoms with Crippen molar-refractivity contribution in [2.75, 3.05) is 19.7 Å². The number of rotatable bonds is 3. The van der Waals surface area contributed by atoms with E-state index in [1.165, 1.54) is 0 Å². The lowest BCUT2D eigenvalue weighted by Gasteiger charge is -2.32. The van der Waals surface area contributed by atoms with Crippen molar-refractivity contribution >= 4 is 11.9 Å². The van der Waals surface area contributed by atoms with Crippen LogP contribution >= 0.6 is 0 Å². The Kier molecular flexibility index (Phi) is 3.64. The summed E-state index contributed by atoms with van der Waals surface area (Å²) in [5.74, 6) is 0.127. The molecule has 102 valence electrons. The van der Waals surface area contributed by atoms with Crippen molar-refractivity contribution in [1.29, 1.82) is 0 Å². The Morgan fingerprint density at radius 2 is 2.06 bits per heavy atom. The lowest BCUT2D eigenvalue weighted by atomic mass is 9.97. The molecule has 0 spiro atoms. The van der Waals surface area contributed by atoms with Crippen LogP contribution in [-0.4, -0.2) is 36.5 Å². The first-order valence-electron chi connectivity index (χ1n) is 6.91. The number of hydrogen-bond donors (Lipinski definition) is 0. The second kappa shape index (κ2) is 4.90. The Morgan fingerprint density at radius 3 is 2.61 bits per heavy atom. The molecule has 2 fully saturated rings. The third kappa shape index (κ3) is 2.68. The summed E-state index contributed by atoms with van der Waals surface area (Å²) >= 11 is 0. The Labute approximate surface area is 109 Å². The molecule has 0 bridgehead atoms. The summed E-state index contributed by atoms with van der Waals surface area (Å²) in [6.45, 7) is 7.82. The monoisotopic (exact) mass is 253 g/mol. The van der Waals surface area contributed by atoms with Crippen LogP contribution in [0.1, 0.15) is 40.0 Å². The summed E-state index contributed by atoms with van der Waals surface area (Å²) in [6, 6.07) is 0. The number of likely N-dealkylation sites (tertiary alicyclic amines) is 1. The summed E-state index contributed by atoms with van der Waals surface area (Å²) in [5.41, 5.74) is 0.161. The first kappa shape index (κ1) is 13.4. The number of carbonyl (C=O) groups is 2. The van der Waals surface area contributed by atoms with Crippen molar-refractivity contribution < 1.29 is 14.3 Å². The van der Waals surface area contributed by atoms with Gasteiger partial charge in [0.15, 0.2) is 0 Å². The van der Waals surface area contributed by atoms with Gasteiger partial charge in [0.25, 0.3) is 0 Å². The molecule has 1 aliphatic heterocycles. The topological polar surface area (TPSA) is 46.6 Å². The number of nitrogens with zero attached hydrogens (tertiary/aromatic N) is 1. The highest BCUT2D eigenvalue weighted by Gasteiger charge is 2.52. The maximum Gasteiger partial charge on any atom is 0.310 e. The quantitative estimate of drug-likeness (QED) is 0.721. The largest absolute Gasteiger partial charge is 0.466 e. The first-order valence-corrected chi connectivity index (χ1v) is 6.91. The second-order valence-electron chi connectivity index (χ2n) is 6.12. The molecule has 0 aromatic carbocycles. The Morgan fingerprint density at radius 1 is 1.39 bits per heavy atom. The van der Waals surface area contributed by atoms with Crippen molar-refractivity contribution in [2.45, 2.75) is 40.0 Å². The SMILES string of the molecule is CCOC(=O)[C@H]1CCCN(C(=O)C2CC2(C)C)C1. The molecule has 1 aliphatic carbocycles. The van der Waals surface area contributed by atoms with E-state index in [4.69, 9.17) is 4.74 Å². The van der Waals surface area contributed by atoms with Gasteiger partial charge in [0.05, 0.1) is 12.5 Å². The van der Waals surface area contributed by atoms with Gasteiger partial charge in [-0.15, -0.1) is 0 Å². The van der Waals surface area contributed by atoms with Crippen molar-refractivity contribution in [3.63, 3.8) is 0 Å². The van der Waals surface area contributed by atoms with Crippen LogP contribution in [0.3, 0.4) is 0 Å². The average Bonchev–Trinajstić information content (AvgIpc) is 2.98. The van der Waals surface area contributed by atoms with Gasteiger partial charge >= 0.3 is 5.97 Å². The van der Waals surface area contributed by atoms with E-state index in [-0.39, 0.29) is 29.1 Å². The molecule has 1 saturated heterocycles. The molecule has 2 aliphatic rings. The van der Waals surface area contributed by atoms with E-state index < -0.39 is 0 Å². The van der Waals surface area contributed by atoms with Gasteiger partial charge in [-0.3, -0.25) is 9.59 Å². The zero-order valence-corrected chi connectivity index (χ0v) is 11.6. The van der Waals surface area contributed by atoms with Gasteiger partial charge in [-0.25, -0.2) is 0 Å². The van der Waals surface area contributed by atoms with E-state index in [0.717, 1.165) is 25.8 Å². The number of carbonyl (C=O) groups excluding carboxylic acids is 2. The van der Waals surface area contributed by atoms with Crippen LogP contribution in [0.15, 0.2) is 0 Å². The standard InChI is InChI=1S/C14H23NO3/c1-4-18-13(17)10-6-5-7-15(9-10)12(16)11-8-14(11,2)3/h10-11H,4-9H2,1-3H3/t10-,11?/m0/s1. The highest BCUT2D eigenvalue weighted by molar-refractivity contribution is 5.83. The second-order valence-corrected chi connectivity index (χ2v) is 6.12. The highest BCUT2D eigenvalue weighted by Crippen LogP contribution is 2.52. The van der Waals surface area contributed by atoms with Crippen molar-refractivity contribution in [3.05, 3.63) is 0 Å². The van der Waals surface area contributed by atoms with Crippen LogP contribution in [0.4, 0.5) is 0 Å². The molecule has 18 heavy (non-hydrogen) atoms. The van der Waals surface area contributed by atoms with Crippen molar-refractivity contribution in [3.8, 4) is 0 Å². The molecule has 4 heteroatoms. The van der Waals surface area contributed by atoms with Crippen LogP contribution in [0.5, 0.6) is 0 Å². The molecular formula is C14H23NO3. The lowest BCUT2D eigenvalue weighted by molar-refractivity contribution is -0.151. The van der Waals surface area contributed by atoms with Gasteiger partial charge in [-0.2, -0.15) is 0 Å². The van der Waals surface area contributed by atoms with E-state index in [9.17, 15) is 9.59 Å². The minimum absolute atomic E-state index is 0.121. The van der Waals surface area contributed by atoms with Crippen LogP contribution in [0.2, 0.25) is 0 Å². The van der Waals surface area contributed by atoms with Gasteiger partial charge < -0.3 is 9.64 Å². The van der Waals surface area contributed by atoms with E-state index in [1.807, 2.05) is 11.8 Å². The zero-order valence-electron chi connectivity index (χ0n) is 11.6. The smallest absolute Gasteiger partial charge is 0.310 e. The van der Waals surface area contributed by atoms with Gasteiger partial charge in [-0.05, 0) is 31.6 Å². The fourth-order valence-electron chi connectivity index (χ4n) is 2.74. The number of esters is 1. The van der Waals surface area contributed by atoms with E-state index in [1.54, 1.807) is 0 Å². The molecule has 2 atom stereocenters. The Hall–Kier alpha value is -1.06. The minimum Gasteiger partial charge on any atom is -0.466 e. The molecule has 0 aromatic heterocycles. The molecule has 1 amide bonds. The average molecular weight is 253 g/mol. The molecule has 4 nitrogen and oxygen atoms in total. The highest BCUT2D eigenvalue weighted by atomic mass is 16.5. The minimum atomic E-state index is -0.148. The molecule has 1 unspecified atom stereocenters. The van der Waals surface area contributed by atoms with Gasteiger partial charge in [0.2, 0.25) is 5.91 Å². The Bertz CT molecular complexity index is 351. The van der Waals surface area contributed by atoms with Gasteiger partial charge in [-0.1, -0.05) is 13.8 Å². The predicted octanol–water partition coefficient (Wildman–Crippen LogP) is 1.83. The number of amides is 1. The van der Waals surface area contributed by atoms with Gasteiger partial charge in [0.1, 0.15) is 0 Å². The number of hydrogen-bond acceptors (Lipinski definition) is 3. The summed E-state index contributed by atoms with van der Waals surface area (Å²) < 4.78 is 5.05. The third-order valence-electron chi connectivity index (χ3n) is 4.16. The molecule has 2 rings (SSSR count). The molecule has 0 aromatic rings. The van der Waals surface area contributed by atoms with Crippen molar-refractivity contribution in [1.82, 2.24) is 4.90 Å². The summed E-state index contributed by atoms with van der Waals surface area (Å²) in [5, 5.41) is 0. The van der Waals surface area contributed by atoms with Crippen LogP contribution in [0.25, 0.3) is 0 Å². The maximum absolute atomic E-state index is 12.3. The van der Waals surface area contributed by atoms with E-state index in [2.05, 4.69) is 13.8 Å². The van der Waals surface area contributed by atoms with Crippen LogP contribution in [0, 0.1) is 17.3 Å². The number of ether oxygens (including phenoxy) is 1. The van der Waals surface area contributed by atoms with Crippen LogP contribution < -0.4 is 0 Å². The van der Waals surface area contributed by atoms with E-state index >= 15 is 0 Å². The molecule has 1 heterocycles. The summed E-state index contributed by atoms with van der Waals surface area (Å²) in [4.78, 5) is 25.9. The molecule has 0 radical (unpaired) electrons. The normalized spacial score (nSPS) is 29.8. The fourth-order valence-corrected chi connectivity index (χ4v) is 2.74. The van der Waals surface area contributed by atoms with Crippen molar-refractivity contribution in [2.24, 2.45) is 17.3 Å². The first-order chi connectivity index (χ1) is 8.45. The summed E-state index contributed by atoms with van der Waals surface area (Å²) in [6.07, 6.45) is 2.73.